The van der Waals surface area contributed by atoms with Crippen LogP contribution in [0.5, 0.6) is 0 Å². The topological polar surface area (TPSA) is 58.2 Å². The zero-order chi connectivity index (χ0) is 17.5. The molecule has 2 N–H and O–H groups in total. The molecule has 0 aromatic rings. The number of carbonyl (C=O) groups excluding carboxylic acids is 2. The van der Waals surface area contributed by atoms with Gasteiger partial charge in [-0.2, -0.15) is 0 Å². The summed E-state index contributed by atoms with van der Waals surface area (Å²) in [7, 11) is 0. The Morgan fingerprint density at radius 3 is 1.30 bits per heavy atom. The van der Waals surface area contributed by atoms with Crippen LogP contribution in [0.15, 0.2) is 0 Å². The van der Waals surface area contributed by atoms with Crippen LogP contribution in [0.25, 0.3) is 0 Å². The zero-order valence-corrected chi connectivity index (χ0v) is 15.7. The third-order valence-corrected chi connectivity index (χ3v) is 4.29. The Hall–Kier alpha value is -1.06. The molecule has 0 fully saturated rings. The van der Waals surface area contributed by atoms with Crippen molar-refractivity contribution in [3.05, 3.63) is 0 Å². The maximum absolute atomic E-state index is 11.6. The Balaban J connectivity index is 4.29. The third kappa shape index (κ3) is 12.1. The highest BCUT2D eigenvalue weighted by Crippen LogP contribution is 2.13. The molecule has 2 atom stereocenters. The van der Waals surface area contributed by atoms with Gasteiger partial charge in [0, 0.05) is 24.9 Å². The Kier molecular flexibility index (Phi) is 13.9. The van der Waals surface area contributed by atoms with E-state index in [4.69, 9.17) is 0 Å². The van der Waals surface area contributed by atoms with Crippen LogP contribution in [0.2, 0.25) is 0 Å². The standard InChI is InChI=1S/C19H38N2O2/c1-5-9-12-16(20-18(22)7-3)14-11-15-17(13-10-6-2)21-19(23)8-4/h16-17H,5-15H2,1-4H3,(H,20,22)(H,21,23)/t16-,17-/m1/s1. The first-order valence-corrected chi connectivity index (χ1v) is 9.65. The van der Waals surface area contributed by atoms with E-state index in [0.29, 0.717) is 12.8 Å². The van der Waals surface area contributed by atoms with E-state index >= 15 is 0 Å². The summed E-state index contributed by atoms with van der Waals surface area (Å²) < 4.78 is 0. The van der Waals surface area contributed by atoms with Gasteiger partial charge in [0.1, 0.15) is 0 Å². The van der Waals surface area contributed by atoms with Crippen LogP contribution in [0.1, 0.15) is 98.3 Å². The first kappa shape index (κ1) is 21.9. The van der Waals surface area contributed by atoms with Crippen LogP contribution in [0, 0.1) is 0 Å². The maximum atomic E-state index is 11.6. The highest BCUT2D eigenvalue weighted by molar-refractivity contribution is 5.76. The summed E-state index contributed by atoms with van der Waals surface area (Å²) in [6.45, 7) is 8.15. The Labute approximate surface area is 143 Å². The van der Waals surface area contributed by atoms with E-state index in [0.717, 1.165) is 57.8 Å². The van der Waals surface area contributed by atoms with Crippen molar-refractivity contribution in [1.82, 2.24) is 10.6 Å². The molecule has 0 aromatic heterocycles. The lowest BCUT2D eigenvalue weighted by Gasteiger charge is -2.21. The molecule has 0 aliphatic rings. The highest BCUT2D eigenvalue weighted by atomic mass is 16.2. The van der Waals surface area contributed by atoms with E-state index in [-0.39, 0.29) is 23.9 Å². The Morgan fingerprint density at radius 1 is 0.652 bits per heavy atom. The first-order chi connectivity index (χ1) is 11.1. The summed E-state index contributed by atoms with van der Waals surface area (Å²) in [6, 6.07) is 0.576. The normalized spacial score (nSPS) is 13.4. The average Bonchev–Trinajstić information content (AvgIpc) is 2.56. The average molecular weight is 327 g/mol. The monoisotopic (exact) mass is 326 g/mol. The van der Waals surface area contributed by atoms with Crippen molar-refractivity contribution in [2.75, 3.05) is 0 Å². The quantitative estimate of drug-likeness (QED) is 0.499. The molecule has 0 saturated heterocycles. The van der Waals surface area contributed by atoms with Crippen LogP contribution < -0.4 is 10.6 Å². The fourth-order valence-corrected chi connectivity index (χ4v) is 2.75. The van der Waals surface area contributed by atoms with Gasteiger partial charge in [-0.15, -0.1) is 0 Å². The lowest BCUT2D eigenvalue weighted by atomic mass is 9.98. The second-order valence-corrected chi connectivity index (χ2v) is 6.45. The molecule has 0 heterocycles. The van der Waals surface area contributed by atoms with Gasteiger partial charge in [0.2, 0.25) is 11.8 Å². The van der Waals surface area contributed by atoms with Gasteiger partial charge < -0.3 is 10.6 Å². The van der Waals surface area contributed by atoms with Crippen molar-refractivity contribution in [2.45, 2.75) is 110 Å². The molecule has 0 aromatic carbocycles. The lowest BCUT2D eigenvalue weighted by Crippen LogP contribution is -2.36. The van der Waals surface area contributed by atoms with E-state index in [1.807, 2.05) is 13.8 Å². The van der Waals surface area contributed by atoms with Gasteiger partial charge in [-0.05, 0) is 32.1 Å². The van der Waals surface area contributed by atoms with Gasteiger partial charge in [-0.1, -0.05) is 53.4 Å². The molecule has 0 spiro atoms. The van der Waals surface area contributed by atoms with E-state index in [1.165, 1.54) is 0 Å². The second-order valence-electron chi connectivity index (χ2n) is 6.45. The van der Waals surface area contributed by atoms with Crippen molar-refractivity contribution < 1.29 is 9.59 Å². The fourth-order valence-electron chi connectivity index (χ4n) is 2.75. The Morgan fingerprint density at radius 2 is 1.00 bits per heavy atom. The van der Waals surface area contributed by atoms with Crippen molar-refractivity contribution >= 4 is 11.8 Å². The van der Waals surface area contributed by atoms with Gasteiger partial charge >= 0.3 is 0 Å². The maximum Gasteiger partial charge on any atom is 0.219 e. The van der Waals surface area contributed by atoms with E-state index in [2.05, 4.69) is 24.5 Å². The number of nitrogens with one attached hydrogen (secondary N) is 2. The minimum absolute atomic E-state index is 0.146. The SMILES string of the molecule is CCCC[C@H](CCC[C@@H](CCCC)NC(=O)CC)NC(=O)CC. The number of unbranched alkanes of at least 4 members (excludes halogenated alkanes) is 2. The molecule has 4 heteroatoms. The van der Waals surface area contributed by atoms with Crippen molar-refractivity contribution in [3.63, 3.8) is 0 Å². The molecule has 0 aliphatic carbocycles. The minimum Gasteiger partial charge on any atom is -0.353 e. The largest absolute Gasteiger partial charge is 0.353 e. The van der Waals surface area contributed by atoms with Crippen molar-refractivity contribution in [1.29, 1.82) is 0 Å². The van der Waals surface area contributed by atoms with Gasteiger partial charge in [0.25, 0.3) is 0 Å². The fraction of sp³-hybridized carbons (Fsp3) is 0.895. The van der Waals surface area contributed by atoms with Crippen molar-refractivity contribution in [2.24, 2.45) is 0 Å². The van der Waals surface area contributed by atoms with Crippen LogP contribution in [-0.2, 0) is 9.59 Å². The molecule has 4 nitrogen and oxygen atoms in total. The third-order valence-electron chi connectivity index (χ3n) is 4.29. The lowest BCUT2D eigenvalue weighted by molar-refractivity contribution is -0.122. The smallest absolute Gasteiger partial charge is 0.219 e. The van der Waals surface area contributed by atoms with E-state index in [9.17, 15) is 9.59 Å². The van der Waals surface area contributed by atoms with Crippen molar-refractivity contribution in [3.8, 4) is 0 Å². The number of carbonyl (C=O) groups is 2. The summed E-state index contributed by atoms with van der Waals surface area (Å²) in [5.74, 6) is 0.292. The summed E-state index contributed by atoms with van der Waals surface area (Å²) in [4.78, 5) is 23.3. The highest BCUT2D eigenvalue weighted by Gasteiger charge is 2.14. The number of rotatable bonds is 14. The number of amides is 2. The van der Waals surface area contributed by atoms with Gasteiger partial charge in [0.15, 0.2) is 0 Å². The van der Waals surface area contributed by atoms with Gasteiger partial charge in [0.05, 0.1) is 0 Å². The zero-order valence-electron chi connectivity index (χ0n) is 15.7. The minimum atomic E-state index is 0.146. The van der Waals surface area contributed by atoms with Gasteiger partial charge in [-0.25, -0.2) is 0 Å². The first-order valence-electron chi connectivity index (χ1n) is 9.65. The number of hydrogen-bond acceptors (Lipinski definition) is 2. The molecule has 0 aliphatic heterocycles. The Bertz CT molecular complexity index is 288. The van der Waals surface area contributed by atoms with Crippen LogP contribution >= 0.6 is 0 Å². The summed E-state index contributed by atoms with van der Waals surface area (Å²) in [5.41, 5.74) is 0. The van der Waals surface area contributed by atoms with E-state index in [1.54, 1.807) is 0 Å². The summed E-state index contributed by atoms with van der Waals surface area (Å²) >= 11 is 0. The number of hydrogen-bond donors (Lipinski definition) is 2. The molecule has 0 radical (unpaired) electrons. The summed E-state index contributed by atoms with van der Waals surface area (Å²) in [6.07, 6.45) is 10.9. The van der Waals surface area contributed by atoms with Gasteiger partial charge in [-0.3, -0.25) is 9.59 Å². The molecule has 0 bridgehead atoms. The molecule has 0 unspecified atom stereocenters. The predicted octanol–water partition coefficient (Wildman–Crippen LogP) is 4.33. The summed E-state index contributed by atoms with van der Waals surface area (Å²) in [5, 5.41) is 6.29. The van der Waals surface area contributed by atoms with E-state index < -0.39 is 0 Å². The van der Waals surface area contributed by atoms with Crippen LogP contribution in [0.4, 0.5) is 0 Å². The molecular weight excluding hydrogens is 288 g/mol. The molecular formula is C19H38N2O2. The molecule has 0 saturated carbocycles. The van der Waals surface area contributed by atoms with Crippen LogP contribution in [0.3, 0.4) is 0 Å². The predicted molar refractivity (Wildman–Crippen MR) is 97.3 cm³/mol. The molecule has 2 amide bonds. The van der Waals surface area contributed by atoms with Crippen LogP contribution in [-0.4, -0.2) is 23.9 Å². The molecule has 0 rings (SSSR count). The molecule has 136 valence electrons. The second kappa shape index (κ2) is 14.5. The molecule has 23 heavy (non-hydrogen) atoms.